The average Bonchev–Trinajstić information content (AvgIpc) is 2.36. The van der Waals surface area contributed by atoms with E-state index in [2.05, 4.69) is 4.98 Å². The lowest BCUT2D eigenvalue weighted by Crippen LogP contribution is -2.33. The summed E-state index contributed by atoms with van der Waals surface area (Å²) in [6.45, 7) is 2.59. The number of likely N-dealkylation sites (N-methyl/N-ethyl adjacent to an activating group) is 1. The quantitative estimate of drug-likeness (QED) is 0.874. The first-order valence-corrected chi connectivity index (χ1v) is 6.67. The number of fused-ring (bicyclic) bond motifs is 1. The molecule has 2 rings (SSSR count). The Morgan fingerprint density at radius 3 is 2.58 bits per heavy atom. The lowest BCUT2D eigenvalue weighted by Gasteiger charge is -2.20. The molecule has 0 spiro atoms. The SMILES string of the molecule is CC(Cn1cnc2c(Cl)ccc(Cl)c2c1=O)N(C)C. The van der Waals surface area contributed by atoms with Crippen LogP contribution in [0.5, 0.6) is 0 Å². The van der Waals surface area contributed by atoms with Gasteiger partial charge in [-0.25, -0.2) is 4.98 Å². The number of rotatable bonds is 3. The molecule has 0 aliphatic rings. The number of halogens is 2. The van der Waals surface area contributed by atoms with Gasteiger partial charge in [-0.2, -0.15) is 0 Å². The van der Waals surface area contributed by atoms with E-state index in [4.69, 9.17) is 23.2 Å². The van der Waals surface area contributed by atoms with Crippen LogP contribution < -0.4 is 5.56 Å². The smallest absolute Gasteiger partial charge is 0.262 e. The van der Waals surface area contributed by atoms with Crippen molar-refractivity contribution in [3.8, 4) is 0 Å². The third-order valence-electron chi connectivity index (χ3n) is 3.22. The molecule has 0 saturated heterocycles. The molecule has 0 N–H and O–H groups in total. The van der Waals surface area contributed by atoms with E-state index in [1.807, 2.05) is 25.9 Å². The third kappa shape index (κ3) is 2.76. The molecule has 6 heteroatoms. The number of benzene rings is 1. The zero-order valence-corrected chi connectivity index (χ0v) is 12.5. The first-order chi connectivity index (χ1) is 8.91. The van der Waals surface area contributed by atoms with Crippen LogP contribution in [0.25, 0.3) is 10.9 Å². The fraction of sp³-hybridized carbons (Fsp3) is 0.385. The van der Waals surface area contributed by atoms with Crippen LogP contribution in [0.15, 0.2) is 23.3 Å². The van der Waals surface area contributed by atoms with E-state index in [1.54, 1.807) is 16.7 Å². The standard InChI is InChI=1S/C13H15Cl2N3O/c1-8(17(2)3)6-18-7-16-12-10(15)5-4-9(14)11(12)13(18)19/h4-5,7-8H,6H2,1-3H3. The van der Waals surface area contributed by atoms with Crippen molar-refractivity contribution in [1.29, 1.82) is 0 Å². The molecule has 0 radical (unpaired) electrons. The van der Waals surface area contributed by atoms with Gasteiger partial charge in [0.2, 0.25) is 0 Å². The van der Waals surface area contributed by atoms with Gasteiger partial charge in [0.15, 0.2) is 0 Å². The fourth-order valence-electron chi connectivity index (χ4n) is 1.77. The molecule has 1 unspecified atom stereocenters. The maximum atomic E-state index is 12.4. The Morgan fingerprint density at radius 2 is 1.95 bits per heavy atom. The molecule has 1 aromatic heterocycles. The molecule has 4 nitrogen and oxygen atoms in total. The summed E-state index contributed by atoms with van der Waals surface area (Å²) in [5.74, 6) is 0. The predicted octanol–water partition coefficient (Wildman–Crippen LogP) is 2.65. The molecule has 0 fully saturated rings. The fourth-order valence-corrected chi connectivity index (χ4v) is 2.21. The second kappa shape index (κ2) is 5.49. The van der Waals surface area contributed by atoms with Gasteiger partial charge in [0, 0.05) is 12.6 Å². The normalized spacial score (nSPS) is 13.2. The Hall–Kier alpha value is -1.10. The van der Waals surface area contributed by atoms with Crippen LogP contribution in [0.3, 0.4) is 0 Å². The zero-order valence-electron chi connectivity index (χ0n) is 11.0. The van der Waals surface area contributed by atoms with Gasteiger partial charge in [0.1, 0.15) is 0 Å². The molecule has 1 aromatic carbocycles. The molecule has 0 amide bonds. The highest BCUT2D eigenvalue weighted by atomic mass is 35.5. The molecule has 0 aliphatic carbocycles. The van der Waals surface area contributed by atoms with Crippen molar-refractivity contribution in [2.24, 2.45) is 0 Å². The summed E-state index contributed by atoms with van der Waals surface area (Å²) in [6, 6.07) is 3.48. The van der Waals surface area contributed by atoms with Gasteiger partial charge in [0.05, 0.1) is 27.3 Å². The van der Waals surface area contributed by atoms with Crippen molar-refractivity contribution in [2.75, 3.05) is 14.1 Å². The summed E-state index contributed by atoms with van der Waals surface area (Å²) in [5, 5.41) is 1.19. The lowest BCUT2D eigenvalue weighted by atomic mass is 10.2. The summed E-state index contributed by atoms with van der Waals surface area (Å²) in [4.78, 5) is 18.7. The molecule has 1 heterocycles. The van der Waals surface area contributed by atoms with E-state index < -0.39 is 0 Å². The van der Waals surface area contributed by atoms with Gasteiger partial charge in [-0.3, -0.25) is 9.36 Å². The molecule has 19 heavy (non-hydrogen) atoms. The van der Waals surface area contributed by atoms with Gasteiger partial charge < -0.3 is 4.90 Å². The Balaban J connectivity index is 2.58. The predicted molar refractivity (Wildman–Crippen MR) is 79.2 cm³/mol. The summed E-state index contributed by atoms with van der Waals surface area (Å²) in [5.41, 5.74) is 0.291. The van der Waals surface area contributed by atoms with Crippen molar-refractivity contribution >= 4 is 34.1 Å². The van der Waals surface area contributed by atoms with Gasteiger partial charge >= 0.3 is 0 Å². The van der Waals surface area contributed by atoms with Crippen LogP contribution in [-0.4, -0.2) is 34.6 Å². The van der Waals surface area contributed by atoms with E-state index in [0.717, 1.165) is 0 Å². The summed E-state index contributed by atoms with van der Waals surface area (Å²) < 4.78 is 1.56. The molecule has 2 aromatic rings. The van der Waals surface area contributed by atoms with Gasteiger partial charge in [-0.15, -0.1) is 0 Å². The maximum absolute atomic E-state index is 12.4. The Morgan fingerprint density at radius 1 is 1.32 bits per heavy atom. The monoisotopic (exact) mass is 299 g/mol. The molecule has 0 saturated carbocycles. The zero-order chi connectivity index (χ0) is 14.2. The average molecular weight is 300 g/mol. The van der Waals surface area contributed by atoms with E-state index in [-0.39, 0.29) is 11.6 Å². The lowest BCUT2D eigenvalue weighted by molar-refractivity contribution is 0.281. The van der Waals surface area contributed by atoms with Crippen molar-refractivity contribution in [3.63, 3.8) is 0 Å². The van der Waals surface area contributed by atoms with Gasteiger partial charge in [-0.1, -0.05) is 23.2 Å². The van der Waals surface area contributed by atoms with Crippen LogP contribution in [-0.2, 0) is 6.54 Å². The van der Waals surface area contributed by atoms with Gasteiger partial charge in [-0.05, 0) is 33.2 Å². The topological polar surface area (TPSA) is 38.1 Å². The Bertz CT molecular complexity index is 667. The van der Waals surface area contributed by atoms with Crippen LogP contribution in [0, 0.1) is 0 Å². The number of hydrogen-bond acceptors (Lipinski definition) is 3. The van der Waals surface area contributed by atoms with Crippen LogP contribution in [0.1, 0.15) is 6.92 Å². The Kier molecular flexibility index (Phi) is 4.13. The second-order valence-corrected chi connectivity index (χ2v) is 5.58. The minimum Gasteiger partial charge on any atom is -0.305 e. The molecular formula is C13H15Cl2N3O. The molecule has 0 aliphatic heterocycles. The highest BCUT2D eigenvalue weighted by Crippen LogP contribution is 2.25. The van der Waals surface area contributed by atoms with Gasteiger partial charge in [0.25, 0.3) is 5.56 Å². The minimum absolute atomic E-state index is 0.161. The Labute approximate surface area is 121 Å². The van der Waals surface area contributed by atoms with E-state index >= 15 is 0 Å². The summed E-state index contributed by atoms with van der Waals surface area (Å²) in [7, 11) is 3.93. The van der Waals surface area contributed by atoms with Crippen LogP contribution in [0.4, 0.5) is 0 Å². The highest BCUT2D eigenvalue weighted by molar-refractivity contribution is 6.39. The maximum Gasteiger partial charge on any atom is 0.262 e. The first kappa shape index (κ1) is 14.3. The molecular weight excluding hydrogens is 285 g/mol. The summed E-state index contributed by atoms with van der Waals surface area (Å²) in [6.07, 6.45) is 1.52. The third-order valence-corrected chi connectivity index (χ3v) is 3.84. The minimum atomic E-state index is -0.161. The number of nitrogens with zero attached hydrogens (tertiary/aromatic N) is 3. The number of hydrogen-bond donors (Lipinski definition) is 0. The molecule has 102 valence electrons. The van der Waals surface area contributed by atoms with E-state index in [1.165, 1.54) is 6.33 Å². The largest absolute Gasteiger partial charge is 0.305 e. The van der Waals surface area contributed by atoms with Crippen LogP contribution in [0.2, 0.25) is 10.0 Å². The first-order valence-electron chi connectivity index (χ1n) is 5.91. The van der Waals surface area contributed by atoms with Crippen molar-refractivity contribution in [3.05, 3.63) is 38.9 Å². The number of aromatic nitrogens is 2. The summed E-state index contributed by atoms with van der Waals surface area (Å²) >= 11 is 12.1. The van der Waals surface area contributed by atoms with E-state index in [0.29, 0.717) is 27.5 Å². The van der Waals surface area contributed by atoms with Crippen molar-refractivity contribution in [2.45, 2.75) is 19.5 Å². The van der Waals surface area contributed by atoms with E-state index in [9.17, 15) is 4.79 Å². The van der Waals surface area contributed by atoms with Crippen molar-refractivity contribution in [1.82, 2.24) is 14.5 Å². The highest BCUT2D eigenvalue weighted by Gasteiger charge is 2.13. The van der Waals surface area contributed by atoms with Crippen LogP contribution >= 0.6 is 23.2 Å². The molecule has 0 bridgehead atoms. The van der Waals surface area contributed by atoms with Crippen molar-refractivity contribution < 1.29 is 0 Å². The molecule has 1 atom stereocenters. The second-order valence-electron chi connectivity index (χ2n) is 4.77.